The number of nitrogens with zero attached hydrogens (tertiary/aromatic N) is 3. The van der Waals surface area contributed by atoms with Gasteiger partial charge in [0, 0.05) is 17.1 Å². The molecule has 3 nitrogen and oxygen atoms in total. The zero-order valence-corrected chi connectivity index (χ0v) is 13.3. The summed E-state index contributed by atoms with van der Waals surface area (Å²) in [5, 5.41) is 8.82. The molecule has 0 amide bonds. The molecule has 2 rings (SSSR count). The number of rotatable bonds is 8. The van der Waals surface area contributed by atoms with E-state index >= 15 is 0 Å². The van der Waals surface area contributed by atoms with Crippen LogP contribution in [0.1, 0.15) is 54.9 Å². The van der Waals surface area contributed by atoms with E-state index in [4.69, 9.17) is 5.26 Å². The molecule has 0 spiro atoms. The number of pyridine rings is 2. The first kappa shape index (κ1) is 16.2. The molecular weight excluding hydrogens is 270 g/mol. The van der Waals surface area contributed by atoms with Crippen molar-refractivity contribution in [3.63, 3.8) is 0 Å². The van der Waals surface area contributed by atoms with Crippen LogP contribution in [0.5, 0.6) is 0 Å². The van der Waals surface area contributed by atoms with Crippen LogP contribution in [-0.4, -0.2) is 9.97 Å². The standard InChI is InChI=1S/C19H23N3/c1-16-9-7-12-17(21-16)10-5-3-2-4-6-11-18-13-8-14-19(15-20)22-18/h7-9,12-14H,2-6,10-11H2,1H3. The highest BCUT2D eigenvalue weighted by Gasteiger charge is 1.99. The van der Waals surface area contributed by atoms with E-state index < -0.39 is 0 Å². The van der Waals surface area contributed by atoms with Crippen LogP contribution < -0.4 is 0 Å². The smallest absolute Gasteiger partial charge is 0.140 e. The van der Waals surface area contributed by atoms with Gasteiger partial charge in [0.05, 0.1) is 0 Å². The highest BCUT2D eigenvalue weighted by Crippen LogP contribution is 2.10. The normalized spacial score (nSPS) is 10.4. The van der Waals surface area contributed by atoms with E-state index in [1.807, 2.05) is 25.1 Å². The molecule has 0 aliphatic rings. The van der Waals surface area contributed by atoms with Crippen molar-refractivity contribution in [2.24, 2.45) is 0 Å². The first-order chi connectivity index (χ1) is 10.8. The van der Waals surface area contributed by atoms with E-state index in [9.17, 15) is 0 Å². The molecule has 0 saturated carbocycles. The predicted octanol–water partition coefficient (Wildman–Crippen LogP) is 4.39. The van der Waals surface area contributed by atoms with Crippen LogP contribution in [0.15, 0.2) is 36.4 Å². The van der Waals surface area contributed by atoms with Gasteiger partial charge in [0.2, 0.25) is 0 Å². The molecule has 0 fully saturated rings. The molecule has 2 heterocycles. The Bertz CT molecular complexity index is 629. The van der Waals surface area contributed by atoms with Crippen LogP contribution in [-0.2, 0) is 12.8 Å². The van der Waals surface area contributed by atoms with E-state index in [2.05, 4.69) is 28.2 Å². The van der Waals surface area contributed by atoms with Gasteiger partial charge in [0.1, 0.15) is 11.8 Å². The fourth-order valence-corrected chi connectivity index (χ4v) is 2.56. The highest BCUT2D eigenvalue weighted by molar-refractivity contribution is 5.22. The van der Waals surface area contributed by atoms with Gasteiger partial charge >= 0.3 is 0 Å². The van der Waals surface area contributed by atoms with Gasteiger partial charge in [-0.2, -0.15) is 5.26 Å². The van der Waals surface area contributed by atoms with E-state index in [0.29, 0.717) is 5.69 Å². The van der Waals surface area contributed by atoms with Gasteiger partial charge in [0.25, 0.3) is 0 Å². The summed E-state index contributed by atoms with van der Waals surface area (Å²) in [6.07, 6.45) is 8.12. The third-order valence-corrected chi connectivity index (χ3v) is 3.73. The van der Waals surface area contributed by atoms with Crippen LogP contribution in [0.2, 0.25) is 0 Å². The maximum atomic E-state index is 8.82. The van der Waals surface area contributed by atoms with Gasteiger partial charge < -0.3 is 0 Å². The van der Waals surface area contributed by atoms with Crippen molar-refractivity contribution in [2.75, 3.05) is 0 Å². The molecule has 0 bridgehead atoms. The molecule has 3 heteroatoms. The number of nitriles is 1. The maximum Gasteiger partial charge on any atom is 0.140 e. The minimum atomic E-state index is 0.517. The Morgan fingerprint density at radius 3 is 2.05 bits per heavy atom. The molecular formula is C19H23N3. The van der Waals surface area contributed by atoms with Crippen molar-refractivity contribution in [1.82, 2.24) is 9.97 Å². The third kappa shape index (κ3) is 5.65. The van der Waals surface area contributed by atoms with Crippen molar-refractivity contribution in [2.45, 2.75) is 51.9 Å². The van der Waals surface area contributed by atoms with Gasteiger partial charge in [-0.1, -0.05) is 31.4 Å². The number of aromatic nitrogens is 2. The Labute approximate surface area is 133 Å². The maximum absolute atomic E-state index is 8.82. The first-order valence-electron chi connectivity index (χ1n) is 8.06. The highest BCUT2D eigenvalue weighted by atomic mass is 14.7. The average Bonchev–Trinajstić information content (AvgIpc) is 2.54. The topological polar surface area (TPSA) is 49.6 Å². The summed E-state index contributed by atoms with van der Waals surface area (Å²) >= 11 is 0. The van der Waals surface area contributed by atoms with Crippen molar-refractivity contribution in [1.29, 1.82) is 5.26 Å². The second-order valence-corrected chi connectivity index (χ2v) is 5.66. The molecule has 2 aromatic rings. The van der Waals surface area contributed by atoms with Crippen LogP contribution in [0.3, 0.4) is 0 Å². The molecule has 0 atom stereocenters. The Hall–Kier alpha value is -2.21. The quantitative estimate of drug-likeness (QED) is 0.678. The zero-order chi connectivity index (χ0) is 15.6. The molecule has 0 aliphatic carbocycles. The van der Waals surface area contributed by atoms with Crippen molar-refractivity contribution < 1.29 is 0 Å². The minimum Gasteiger partial charge on any atom is -0.258 e. The zero-order valence-electron chi connectivity index (χ0n) is 13.3. The summed E-state index contributed by atoms with van der Waals surface area (Å²) in [5.41, 5.74) is 3.85. The fraction of sp³-hybridized carbons (Fsp3) is 0.421. The molecule has 0 N–H and O–H groups in total. The van der Waals surface area contributed by atoms with Gasteiger partial charge in [-0.15, -0.1) is 0 Å². The SMILES string of the molecule is Cc1cccc(CCCCCCCc2cccc(C#N)n2)n1. The van der Waals surface area contributed by atoms with Crippen LogP contribution in [0.4, 0.5) is 0 Å². The molecule has 114 valence electrons. The van der Waals surface area contributed by atoms with E-state index in [1.54, 1.807) is 6.07 Å². The monoisotopic (exact) mass is 293 g/mol. The molecule has 0 aliphatic heterocycles. The lowest BCUT2D eigenvalue weighted by molar-refractivity contribution is 0.607. The molecule has 2 aromatic heterocycles. The minimum absolute atomic E-state index is 0.517. The lowest BCUT2D eigenvalue weighted by Crippen LogP contribution is -1.94. The molecule has 22 heavy (non-hydrogen) atoms. The lowest BCUT2D eigenvalue weighted by atomic mass is 10.1. The molecule has 0 radical (unpaired) electrons. The summed E-state index contributed by atoms with van der Waals surface area (Å²) in [6, 6.07) is 14.0. The average molecular weight is 293 g/mol. The summed E-state index contributed by atoms with van der Waals surface area (Å²) in [4.78, 5) is 8.83. The second-order valence-electron chi connectivity index (χ2n) is 5.66. The number of unbranched alkanes of at least 4 members (excludes halogenated alkanes) is 4. The van der Waals surface area contributed by atoms with Crippen molar-refractivity contribution >= 4 is 0 Å². The van der Waals surface area contributed by atoms with Gasteiger partial charge in [-0.25, -0.2) is 4.98 Å². The van der Waals surface area contributed by atoms with Gasteiger partial charge in [0.15, 0.2) is 0 Å². The largest absolute Gasteiger partial charge is 0.258 e. The Morgan fingerprint density at radius 2 is 1.41 bits per heavy atom. The van der Waals surface area contributed by atoms with Gasteiger partial charge in [-0.05, 0) is 56.9 Å². The number of hydrogen-bond donors (Lipinski definition) is 0. The van der Waals surface area contributed by atoms with Crippen LogP contribution >= 0.6 is 0 Å². The number of aryl methyl sites for hydroxylation is 3. The van der Waals surface area contributed by atoms with E-state index in [-0.39, 0.29) is 0 Å². The fourth-order valence-electron chi connectivity index (χ4n) is 2.56. The van der Waals surface area contributed by atoms with Crippen molar-refractivity contribution in [3.8, 4) is 6.07 Å². The summed E-state index contributed by atoms with van der Waals surface area (Å²) in [6.45, 7) is 2.04. The molecule has 0 saturated heterocycles. The lowest BCUT2D eigenvalue weighted by Gasteiger charge is -2.03. The summed E-state index contributed by atoms with van der Waals surface area (Å²) in [7, 11) is 0. The Balaban J connectivity index is 1.57. The van der Waals surface area contributed by atoms with Crippen LogP contribution in [0, 0.1) is 18.3 Å². The number of hydrogen-bond acceptors (Lipinski definition) is 3. The molecule has 0 unspecified atom stereocenters. The third-order valence-electron chi connectivity index (χ3n) is 3.73. The second kappa shape index (κ2) is 8.94. The predicted molar refractivity (Wildman–Crippen MR) is 88.4 cm³/mol. The summed E-state index contributed by atoms with van der Waals surface area (Å²) in [5.74, 6) is 0. The molecule has 0 aromatic carbocycles. The van der Waals surface area contributed by atoms with Crippen LogP contribution in [0.25, 0.3) is 0 Å². The van der Waals surface area contributed by atoms with Gasteiger partial charge in [-0.3, -0.25) is 4.98 Å². The van der Waals surface area contributed by atoms with Crippen molar-refractivity contribution in [3.05, 3.63) is 59.2 Å². The Morgan fingerprint density at radius 1 is 0.818 bits per heavy atom. The Kier molecular flexibility index (Phi) is 6.57. The summed E-state index contributed by atoms with van der Waals surface area (Å²) < 4.78 is 0. The first-order valence-corrected chi connectivity index (χ1v) is 8.06. The van der Waals surface area contributed by atoms with E-state index in [0.717, 1.165) is 30.7 Å². The van der Waals surface area contributed by atoms with E-state index in [1.165, 1.54) is 31.4 Å².